The van der Waals surface area contributed by atoms with Crippen LogP contribution >= 0.6 is 0 Å². The first-order chi connectivity index (χ1) is 6.99. The molecule has 0 aromatic carbocycles. The van der Waals surface area contributed by atoms with Crippen LogP contribution < -0.4 is 0 Å². The van der Waals surface area contributed by atoms with E-state index in [1.807, 2.05) is 0 Å². The molecule has 5 nitrogen and oxygen atoms in total. The maximum absolute atomic E-state index is 11.5. The fraction of sp³-hybridized carbons (Fsp3) is 0.700. The van der Waals surface area contributed by atoms with Crippen LogP contribution in [0.3, 0.4) is 0 Å². The van der Waals surface area contributed by atoms with Crippen molar-refractivity contribution < 1.29 is 24.4 Å². The Hall–Kier alpha value is -0.910. The van der Waals surface area contributed by atoms with Crippen molar-refractivity contribution in [1.82, 2.24) is 0 Å². The van der Waals surface area contributed by atoms with Gasteiger partial charge in [-0.05, 0) is 32.4 Å². The number of carbonyl (C=O) groups is 1. The molecular weight excluding hydrogens is 200 g/mol. The molecule has 2 atom stereocenters. The van der Waals surface area contributed by atoms with Gasteiger partial charge in [0.15, 0.2) is 0 Å². The van der Waals surface area contributed by atoms with Crippen LogP contribution in [0, 0.1) is 0 Å². The lowest BCUT2D eigenvalue weighted by atomic mass is 10.00. The fourth-order valence-corrected chi connectivity index (χ4v) is 1.25. The molecule has 15 heavy (non-hydrogen) atoms. The Morgan fingerprint density at radius 1 is 1.80 bits per heavy atom. The zero-order valence-electron chi connectivity index (χ0n) is 9.15. The van der Waals surface area contributed by atoms with Crippen molar-refractivity contribution in [2.75, 3.05) is 13.2 Å². The first-order valence-corrected chi connectivity index (χ1v) is 4.87. The van der Waals surface area contributed by atoms with E-state index >= 15 is 0 Å². The molecule has 0 spiro atoms. The summed E-state index contributed by atoms with van der Waals surface area (Å²) in [7, 11) is 0. The Balaban J connectivity index is 2.84. The SMILES string of the molecule is CCOC(=O)C1(C)C=C(C(C)O)COO1. The van der Waals surface area contributed by atoms with Gasteiger partial charge in [0, 0.05) is 0 Å². The highest BCUT2D eigenvalue weighted by molar-refractivity contribution is 5.81. The normalized spacial score (nSPS) is 28.1. The Kier molecular flexibility index (Phi) is 3.84. The van der Waals surface area contributed by atoms with Gasteiger partial charge in [-0.2, -0.15) is 0 Å². The lowest BCUT2D eigenvalue weighted by molar-refractivity contribution is -0.342. The minimum absolute atomic E-state index is 0.159. The minimum Gasteiger partial charge on any atom is -0.464 e. The predicted molar refractivity (Wildman–Crippen MR) is 51.8 cm³/mol. The summed E-state index contributed by atoms with van der Waals surface area (Å²) in [6.07, 6.45) is 0.877. The zero-order chi connectivity index (χ0) is 11.5. The minimum atomic E-state index is -1.26. The van der Waals surface area contributed by atoms with E-state index in [0.29, 0.717) is 5.57 Å². The van der Waals surface area contributed by atoms with Crippen LogP contribution in [-0.4, -0.2) is 36.0 Å². The van der Waals surface area contributed by atoms with Crippen LogP contribution in [0.5, 0.6) is 0 Å². The quantitative estimate of drug-likeness (QED) is 0.424. The van der Waals surface area contributed by atoms with E-state index in [1.54, 1.807) is 19.9 Å². The molecule has 0 fully saturated rings. The second kappa shape index (κ2) is 4.74. The molecule has 5 heteroatoms. The molecule has 0 aromatic heterocycles. The molecule has 1 rings (SSSR count). The second-order valence-electron chi connectivity index (χ2n) is 3.57. The van der Waals surface area contributed by atoms with E-state index in [4.69, 9.17) is 14.5 Å². The Morgan fingerprint density at radius 3 is 3.00 bits per heavy atom. The van der Waals surface area contributed by atoms with Crippen LogP contribution in [0.1, 0.15) is 20.8 Å². The topological polar surface area (TPSA) is 65.0 Å². The van der Waals surface area contributed by atoms with Crippen molar-refractivity contribution in [3.05, 3.63) is 11.6 Å². The van der Waals surface area contributed by atoms with E-state index in [1.165, 1.54) is 6.92 Å². The van der Waals surface area contributed by atoms with E-state index in [9.17, 15) is 9.90 Å². The number of aliphatic hydroxyl groups excluding tert-OH is 1. The van der Waals surface area contributed by atoms with Gasteiger partial charge in [-0.1, -0.05) is 0 Å². The van der Waals surface area contributed by atoms with Crippen LogP contribution in [0.2, 0.25) is 0 Å². The molecule has 86 valence electrons. The molecule has 2 unspecified atom stereocenters. The van der Waals surface area contributed by atoms with Gasteiger partial charge in [0.1, 0.15) is 6.61 Å². The molecule has 0 aromatic rings. The third-order valence-corrected chi connectivity index (χ3v) is 2.14. The van der Waals surface area contributed by atoms with Gasteiger partial charge in [0.05, 0.1) is 12.7 Å². The van der Waals surface area contributed by atoms with Crippen molar-refractivity contribution in [3.8, 4) is 0 Å². The standard InChI is InChI=1S/C10H16O5/c1-4-13-9(12)10(3)5-8(7(2)11)6-14-15-10/h5,7,11H,4,6H2,1-3H3. The fourth-order valence-electron chi connectivity index (χ4n) is 1.25. The van der Waals surface area contributed by atoms with Crippen molar-refractivity contribution in [3.63, 3.8) is 0 Å². The van der Waals surface area contributed by atoms with Gasteiger partial charge in [-0.25, -0.2) is 14.6 Å². The van der Waals surface area contributed by atoms with Crippen LogP contribution in [0.25, 0.3) is 0 Å². The van der Waals surface area contributed by atoms with Gasteiger partial charge < -0.3 is 9.84 Å². The zero-order valence-corrected chi connectivity index (χ0v) is 9.15. The third kappa shape index (κ3) is 2.77. The summed E-state index contributed by atoms with van der Waals surface area (Å²) in [6, 6.07) is 0. The van der Waals surface area contributed by atoms with Gasteiger partial charge >= 0.3 is 5.97 Å². The van der Waals surface area contributed by atoms with E-state index < -0.39 is 17.7 Å². The summed E-state index contributed by atoms with van der Waals surface area (Å²) in [5.41, 5.74) is -0.655. The summed E-state index contributed by atoms with van der Waals surface area (Å²) in [5, 5.41) is 9.37. The van der Waals surface area contributed by atoms with Crippen LogP contribution in [0.15, 0.2) is 11.6 Å². The van der Waals surface area contributed by atoms with Gasteiger partial charge in [-0.3, -0.25) is 0 Å². The number of esters is 1. The number of hydrogen-bond acceptors (Lipinski definition) is 5. The molecule has 0 bridgehead atoms. The Bertz CT molecular complexity index is 271. The first kappa shape index (κ1) is 12.2. The maximum Gasteiger partial charge on any atom is 0.345 e. The molecule has 1 heterocycles. The van der Waals surface area contributed by atoms with Crippen molar-refractivity contribution >= 4 is 5.97 Å². The lowest BCUT2D eigenvalue weighted by Crippen LogP contribution is -2.42. The maximum atomic E-state index is 11.5. The van der Waals surface area contributed by atoms with E-state index in [0.717, 1.165) is 0 Å². The lowest BCUT2D eigenvalue weighted by Gasteiger charge is -2.28. The smallest absolute Gasteiger partial charge is 0.345 e. The highest BCUT2D eigenvalue weighted by Gasteiger charge is 2.39. The third-order valence-electron chi connectivity index (χ3n) is 2.14. The van der Waals surface area contributed by atoms with E-state index in [-0.39, 0.29) is 13.2 Å². The molecule has 1 aliphatic rings. The Morgan fingerprint density at radius 2 is 2.47 bits per heavy atom. The second-order valence-corrected chi connectivity index (χ2v) is 3.57. The molecule has 0 radical (unpaired) electrons. The van der Waals surface area contributed by atoms with Crippen molar-refractivity contribution in [2.45, 2.75) is 32.5 Å². The summed E-state index contributed by atoms with van der Waals surface area (Å²) in [4.78, 5) is 21.2. The molecule has 0 saturated heterocycles. The molecule has 1 N–H and O–H groups in total. The monoisotopic (exact) mass is 216 g/mol. The number of aliphatic hydroxyl groups is 1. The highest BCUT2D eigenvalue weighted by Crippen LogP contribution is 2.24. The summed E-state index contributed by atoms with van der Waals surface area (Å²) < 4.78 is 4.84. The summed E-state index contributed by atoms with van der Waals surface area (Å²) in [5.74, 6) is -0.525. The number of carbonyl (C=O) groups excluding carboxylic acids is 1. The first-order valence-electron chi connectivity index (χ1n) is 4.87. The van der Waals surface area contributed by atoms with Crippen LogP contribution in [0.4, 0.5) is 0 Å². The summed E-state index contributed by atoms with van der Waals surface area (Å²) >= 11 is 0. The molecule has 0 aliphatic carbocycles. The number of hydrogen-bond donors (Lipinski definition) is 1. The average Bonchev–Trinajstić information content (AvgIpc) is 2.18. The predicted octanol–water partition coefficient (Wildman–Crippen LogP) is 0.577. The van der Waals surface area contributed by atoms with E-state index in [2.05, 4.69) is 0 Å². The summed E-state index contributed by atoms with van der Waals surface area (Å²) in [6.45, 7) is 5.28. The molecular formula is C10H16O5. The number of ether oxygens (including phenoxy) is 1. The van der Waals surface area contributed by atoms with Gasteiger partial charge in [0.2, 0.25) is 5.60 Å². The van der Waals surface area contributed by atoms with Gasteiger partial charge in [0.25, 0.3) is 0 Å². The molecule has 0 amide bonds. The molecule has 1 aliphatic heterocycles. The highest BCUT2D eigenvalue weighted by atomic mass is 17.2. The van der Waals surface area contributed by atoms with Crippen molar-refractivity contribution in [2.24, 2.45) is 0 Å². The van der Waals surface area contributed by atoms with Crippen molar-refractivity contribution in [1.29, 1.82) is 0 Å². The largest absolute Gasteiger partial charge is 0.464 e. The average molecular weight is 216 g/mol. The molecule has 0 saturated carbocycles. The Labute approximate surface area is 88.6 Å². The van der Waals surface area contributed by atoms with Crippen LogP contribution in [-0.2, 0) is 19.3 Å². The number of rotatable bonds is 3. The van der Waals surface area contributed by atoms with Gasteiger partial charge in [-0.15, -0.1) is 0 Å².